The van der Waals surface area contributed by atoms with Gasteiger partial charge in [0.1, 0.15) is 5.75 Å². The van der Waals surface area contributed by atoms with Gasteiger partial charge in [-0.3, -0.25) is 14.4 Å². The average molecular weight is 596 g/mol. The van der Waals surface area contributed by atoms with Gasteiger partial charge in [0.05, 0.1) is 26.3 Å². The number of amides is 1. The van der Waals surface area contributed by atoms with E-state index in [2.05, 4.69) is 46.3 Å². The smallest absolute Gasteiger partial charge is 0.251 e. The molecule has 0 unspecified atom stereocenters. The lowest BCUT2D eigenvalue weighted by atomic mass is 9.88. The summed E-state index contributed by atoms with van der Waals surface area (Å²) in [5.74, 6) is 1.28. The molecule has 9 heteroatoms. The zero-order valence-corrected chi connectivity index (χ0v) is 26.9. The number of nitrogens with one attached hydrogen (secondary N) is 1. The first-order chi connectivity index (χ1) is 20.2. The van der Waals surface area contributed by atoms with Gasteiger partial charge in [-0.2, -0.15) is 0 Å². The summed E-state index contributed by atoms with van der Waals surface area (Å²) in [4.78, 5) is 18.4. The van der Waals surface area contributed by atoms with Crippen LogP contribution in [0, 0.1) is 13.8 Å². The molecular weight excluding hydrogens is 550 g/mol. The van der Waals surface area contributed by atoms with Crippen molar-refractivity contribution in [2.24, 2.45) is 0 Å². The Morgan fingerprint density at radius 2 is 1.71 bits per heavy atom. The summed E-state index contributed by atoms with van der Waals surface area (Å²) in [6, 6.07) is 13.1. The van der Waals surface area contributed by atoms with Crippen molar-refractivity contribution in [1.82, 2.24) is 20.0 Å². The predicted molar refractivity (Wildman–Crippen MR) is 170 cm³/mol. The fraction of sp³-hybridized carbons (Fsp3) is 0.515. The Kier molecular flexibility index (Phi) is 10.8. The van der Waals surface area contributed by atoms with Crippen molar-refractivity contribution in [3.63, 3.8) is 0 Å². The highest BCUT2D eigenvalue weighted by Crippen LogP contribution is 2.34. The van der Waals surface area contributed by atoms with Crippen LogP contribution in [0.2, 0.25) is 5.02 Å². The van der Waals surface area contributed by atoms with Gasteiger partial charge < -0.3 is 19.7 Å². The monoisotopic (exact) mass is 595 g/mol. The molecule has 1 aliphatic carbocycles. The summed E-state index contributed by atoms with van der Waals surface area (Å²) in [5.41, 5.74) is 5.76. The summed E-state index contributed by atoms with van der Waals surface area (Å²) in [7, 11) is 5.53. The summed E-state index contributed by atoms with van der Waals surface area (Å²) in [5, 5.41) is 8.13. The lowest BCUT2D eigenvalue weighted by Crippen LogP contribution is -2.43. The van der Waals surface area contributed by atoms with Gasteiger partial charge in [0.15, 0.2) is 0 Å². The van der Waals surface area contributed by atoms with Crippen LogP contribution < -0.4 is 19.7 Å². The van der Waals surface area contributed by atoms with E-state index < -0.39 is 0 Å². The number of carbonyl (C=O) groups is 1. The summed E-state index contributed by atoms with van der Waals surface area (Å²) < 4.78 is 12.6. The SMILES string of the molecule is CCN(c1cc(Cl)cc(C(=O)NCc2c(OC)nn(CC)c2C)c1C)C1CCC(N(C)Cc2ccc(OC)cc2)CC1. The van der Waals surface area contributed by atoms with Gasteiger partial charge in [0.2, 0.25) is 5.88 Å². The third-order valence-corrected chi connectivity index (χ3v) is 8.99. The Balaban J connectivity index is 1.43. The fourth-order valence-electron chi connectivity index (χ4n) is 6.28. The van der Waals surface area contributed by atoms with E-state index in [4.69, 9.17) is 21.1 Å². The lowest BCUT2D eigenvalue weighted by Gasteiger charge is -2.41. The number of anilines is 1. The molecule has 0 bridgehead atoms. The first kappa shape index (κ1) is 31.7. The Labute approximate surface area is 255 Å². The molecule has 0 spiro atoms. The second-order valence-electron chi connectivity index (χ2n) is 11.2. The molecule has 0 radical (unpaired) electrons. The third-order valence-electron chi connectivity index (χ3n) is 8.77. The molecule has 0 saturated heterocycles. The number of hydrogen-bond donors (Lipinski definition) is 1. The second kappa shape index (κ2) is 14.3. The highest BCUT2D eigenvalue weighted by atomic mass is 35.5. The molecule has 1 amide bonds. The van der Waals surface area contributed by atoms with E-state index in [0.29, 0.717) is 35.1 Å². The van der Waals surface area contributed by atoms with Gasteiger partial charge in [0.25, 0.3) is 5.91 Å². The molecule has 0 aliphatic heterocycles. The van der Waals surface area contributed by atoms with Gasteiger partial charge >= 0.3 is 0 Å². The Morgan fingerprint density at radius 1 is 1.05 bits per heavy atom. The van der Waals surface area contributed by atoms with Gasteiger partial charge in [-0.25, -0.2) is 0 Å². The van der Waals surface area contributed by atoms with Crippen LogP contribution in [0.3, 0.4) is 0 Å². The zero-order valence-electron chi connectivity index (χ0n) is 26.2. The largest absolute Gasteiger partial charge is 0.497 e. The number of carbonyl (C=O) groups excluding carboxylic acids is 1. The first-order valence-electron chi connectivity index (χ1n) is 15.0. The van der Waals surface area contributed by atoms with E-state index >= 15 is 0 Å². The van der Waals surface area contributed by atoms with E-state index in [1.54, 1.807) is 20.3 Å². The summed E-state index contributed by atoms with van der Waals surface area (Å²) in [6.45, 7) is 11.1. The summed E-state index contributed by atoms with van der Waals surface area (Å²) in [6.07, 6.45) is 4.46. The van der Waals surface area contributed by atoms with Crippen LogP contribution in [0.1, 0.15) is 72.3 Å². The van der Waals surface area contributed by atoms with Gasteiger partial charge in [-0.15, -0.1) is 5.10 Å². The van der Waals surface area contributed by atoms with Crippen molar-refractivity contribution in [1.29, 1.82) is 0 Å². The van der Waals surface area contributed by atoms with Crippen molar-refractivity contribution in [2.45, 2.75) is 85.1 Å². The van der Waals surface area contributed by atoms with Crippen molar-refractivity contribution in [3.05, 3.63) is 69.4 Å². The number of aromatic nitrogens is 2. The quantitative estimate of drug-likeness (QED) is 0.262. The number of methoxy groups -OCH3 is 2. The molecule has 2 aromatic carbocycles. The molecule has 8 nitrogen and oxygen atoms in total. The van der Waals surface area contributed by atoms with Crippen LogP contribution in [0.5, 0.6) is 11.6 Å². The van der Waals surface area contributed by atoms with Crippen molar-refractivity contribution in [2.75, 3.05) is 32.7 Å². The number of hydrogen-bond acceptors (Lipinski definition) is 6. The van der Waals surface area contributed by atoms with E-state index in [-0.39, 0.29) is 5.91 Å². The third kappa shape index (κ3) is 7.04. The maximum absolute atomic E-state index is 13.5. The molecular formula is C33H46ClN5O3. The van der Waals surface area contributed by atoms with Crippen LogP contribution in [-0.2, 0) is 19.6 Å². The van der Waals surface area contributed by atoms with E-state index in [1.807, 2.05) is 43.7 Å². The predicted octanol–water partition coefficient (Wildman–Crippen LogP) is 6.39. The molecule has 1 saturated carbocycles. The molecule has 3 aromatic rings. The molecule has 228 valence electrons. The minimum atomic E-state index is -0.151. The highest BCUT2D eigenvalue weighted by Gasteiger charge is 2.29. The van der Waals surface area contributed by atoms with Gasteiger partial charge in [-0.05, 0) is 95.8 Å². The van der Waals surface area contributed by atoms with Crippen LogP contribution >= 0.6 is 11.6 Å². The lowest BCUT2D eigenvalue weighted by molar-refractivity contribution is 0.0950. The normalized spacial score (nSPS) is 16.9. The molecule has 1 N–H and O–H groups in total. The molecule has 1 fully saturated rings. The Hall–Kier alpha value is -3.23. The number of aryl methyl sites for hydroxylation is 1. The molecule has 4 rings (SSSR count). The van der Waals surface area contributed by atoms with Gasteiger partial charge in [-0.1, -0.05) is 23.7 Å². The maximum atomic E-state index is 13.5. The maximum Gasteiger partial charge on any atom is 0.251 e. The standard InChI is InChI=1S/C33H46ClN5O3/c1-8-38(27-14-12-26(13-15-27)37(5)21-24-10-16-28(41-6)17-11-24)31-19-25(34)18-29(22(31)3)32(40)35-20-30-23(4)39(9-2)36-33(30)42-7/h10-11,16-19,26-27H,8-9,12-15,20-21H2,1-7H3,(H,35,40). The Morgan fingerprint density at radius 3 is 2.31 bits per heavy atom. The number of rotatable bonds is 12. The number of nitrogens with zero attached hydrogens (tertiary/aromatic N) is 4. The van der Waals surface area contributed by atoms with E-state index in [9.17, 15) is 4.79 Å². The van der Waals surface area contributed by atoms with Crippen LogP contribution in [0.4, 0.5) is 5.69 Å². The highest BCUT2D eigenvalue weighted by molar-refractivity contribution is 6.31. The van der Waals surface area contributed by atoms with Gasteiger partial charge in [0, 0.05) is 53.7 Å². The Bertz CT molecular complexity index is 1350. The minimum absolute atomic E-state index is 0.151. The zero-order chi connectivity index (χ0) is 30.4. The van der Waals surface area contributed by atoms with Crippen molar-refractivity contribution >= 4 is 23.2 Å². The van der Waals surface area contributed by atoms with Crippen LogP contribution in [0.25, 0.3) is 0 Å². The molecule has 1 heterocycles. The van der Waals surface area contributed by atoms with Crippen LogP contribution in [-0.4, -0.2) is 60.5 Å². The van der Waals surface area contributed by atoms with Crippen molar-refractivity contribution in [3.8, 4) is 11.6 Å². The first-order valence-corrected chi connectivity index (χ1v) is 15.4. The average Bonchev–Trinajstić information content (AvgIpc) is 3.32. The fourth-order valence-corrected chi connectivity index (χ4v) is 6.49. The number of benzene rings is 2. The minimum Gasteiger partial charge on any atom is -0.497 e. The number of halogens is 1. The molecule has 0 atom stereocenters. The summed E-state index contributed by atoms with van der Waals surface area (Å²) >= 11 is 6.62. The second-order valence-corrected chi connectivity index (χ2v) is 11.6. The molecule has 42 heavy (non-hydrogen) atoms. The molecule has 1 aliphatic rings. The van der Waals surface area contributed by atoms with E-state index in [1.165, 1.54) is 5.56 Å². The van der Waals surface area contributed by atoms with Crippen molar-refractivity contribution < 1.29 is 14.3 Å². The topological polar surface area (TPSA) is 71.9 Å². The van der Waals surface area contributed by atoms with E-state index in [0.717, 1.165) is 73.6 Å². The number of ether oxygens (including phenoxy) is 2. The van der Waals surface area contributed by atoms with Crippen LogP contribution in [0.15, 0.2) is 36.4 Å². The molecule has 1 aromatic heterocycles.